The molecule has 110 valence electrons. The van der Waals surface area contributed by atoms with Gasteiger partial charge in [-0.25, -0.2) is 0 Å². The molecule has 0 atom stereocenters. The first-order chi connectivity index (χ1) is 10.1. The van der Waals surface area contributed by atoms with Crippen LogP contribution in [0.5, 0.6) is 0 Å². The zero-order chi connectivity index (χ0) is 15.1. The summed E-state index contributed by atoms with van der Waals surface area (Å²) in [7, 11) is 0. The van der Waals surface area contributed by atoms with Crippen LogP contribution < -0.4 is 5.32 Å². The Labute approximate surface area is 133 Å². The van der Waals surface area contributed by atoms with Gasteiger partial charge in [0.1, 0.15) is 6.61 Å². The lowest BCUT2D eigenvalue weighted by molar-refractivity contribution is -0.144. The molecule has 2 aromatic rings. The number of hydrogen-bond acceptors (Lipinski definition) is 3. The molecule has 0 saturated heterocycles. The number of anilines is 1. The average Bonchev–Trinajstić information content (AvgIpc) is 2.47. The van der Waals surface area contributed by atoms with Crippen molar-refractivity contribution < 1.29 is 9.53 Å². The largest absolute Gasteiger partial charge is 0.461 e. The van der Waals surface area contributed by atoms with E-state index in [-0.39, 0.29) is 5.97 Å². The van der Waals surface area contributed by atoms with Crippen molar-refractivity contribution in [1.82, 2.24) is 0 Å². The van der Waals surface area contributed by atoms with E-state index in [1.807, 2.05) is 55.5 Å². The predicted molar refractivity (Wildman–Crippen MR) is 88.2 cm³/mol. The maximum atomic E-state index is 11.7. The minimum Gasteiger partial charge on any atom is -0.461 e. The van der Waals surface area contributed by atoms with Gasteiger partial charge in [0.05, 0.1) is 6.42 Å². The van der Waals surface area contributed by atoms with Crippen LogP contribution in [0.4, 0.5) is 5.69 Å². The smallest absolute Gasteiger partial charge is 0.307 e. The van der Waals surface area contributed by atoms with E-state index in [1.165, 1.54) is 5.56 Å². The van der Waals surface area contributed by atoms with Crippen molar-refractivity contribution in [3.63, 3.8) is 0 Å². The number of esters is 1. The molecule has 2 rings (SSSR count). The van der Waals surface area contributed by atoms with Gasteiger partial charge in [0.15, 0.2) is 0 Å². The average molecular weight is 348 g/mol. The Morgan fingerprint density at radius 3 is 2.67 bits per heavy atom. The summed E-state index contributed by atoms with van der Waals surface area (Å²) in [6, 6.07) is 15.8. The van der Waals surface area contributed by atoms with Gasteiger partial charge in [-0.05, 0) is 36.8 Å². The maximum absolute atomic E-state index is 11.7. The van der Waals surface area contributed by atoms with Crippen LogP contribution in [-0.4, -0.2) is 12.5 Å². The Morgan fingerprint density at radius 1 is 1.19 bits per heavy atom. The fourth-order valence-electron chi connectivity index (χ4n) is 1.84. The lowest BCUT2D eigenvalue weighted by atomic mass is 10.2. The van der Waals surface area contributed by atoms with Gasteiger partial charge in [-0.15, -0.1) is 0 Å². The number of nitrogens with one attached hydrogen (secondary N) is 1. The Morgan fingerprint density at radius 2 is 1.95 bits per heavy atom. The second-order valence-corrected chi connectivity index (χ2v) is 5.75. The molecule has 0 aromatic heterocycles. The standard InChI is InChI=1S/C17H18BrNO2/c1-13-5-7-16(8-6-13)19-10-9-17(20)21-12-14-3-2-4-15(18)11-14/h2-8,11,19H,9-10,12H2,1H3. The van der Waals surface area contributed by atoms with Crippen molar-refractivity contribution in [3.05, 3.63) is 64.1 Å². The first kappa shape index (κ1) is 15.6. The fourth-order valence-corrected chi connectivity index (χ4v) is 2.29. The molecule has 0 aliphatic rings. The monoisotopic (exact) mass is 347 g/mol. The number of ether oxygens (including phenoxy) is 1. The van der Waals surface area contributed by atoms with E-state index in [4.69, 9.17) is 4.74 Å². The summed E-state index contributed by atoms with van der Waals surface area (Å²) < 4.78 is 6.22. The van der Waals surface area contributed by atoms with E-state index < -0.39 is 0 Å². The lowest BCUT2D eigenvalue weighted by Gasteiger charge is -2.08. The van der Waals surface area contributed by atoms with Gasteiger partial charge in [0.25, 0.3) is 0 Å². The number of rotatable bonds is 6. The molecule has 0 aliphatic heterocycles. The van der Waals surface area contributed by atoms with Gasteiger partial charge in [-0.2, -0.15) is 0 Å². The zero-order valence-corrected chi connectivity index (χ0v) is 13.5. The molecule has 0 fully saturated rings. The van der Waals surface area contributed by atoms with Crippen molar-refractivity contribution >= 4 is 27.6 Å². The molecule has 4 heteroatoms. The summed E-state index contributed by atoms with van der Waals surface area (Å²) in [5, 5.41) is 3.20. The third-order valence-electron chi connectivity index (χ3n) is 3.00. The summed E-state index contributed by atoms with van der Waals surface area (Å²) in [4.78, 5) is 11.7. The van der Waals surface area contributed by atoms with Crippen LogP contribution in [0, 0.1) is 6.92 Å². The molecule has 2 aromatic carbocycles. The third kappa shape index (κ3) is 5.60. The van der Waals surface area contributed by atoms with E-state index in [2.05, 4.69) is 21.2 Å². The summed E-state index contributed by atoms with van der Waals surface area (Å²) >= 11 is 3.39. The van der Waals surface area contributed by atoms with Crippen molar-refractivity contribution in [2.75, 3.05) is 11.9 Å². The molecule has 0 spiro atoms. The minimum absolute atomic E-state index is 0.199. The number of carbonyl (C=O) groups is 1. The summed E-state index contributed by atoms with van der Waals surface area (Å²) in [6.45, 7) is 2.92. The van der Waals surface area contributed by atoms with Crippen LogP contribution in [-0.2, 0) is 16.1 Å². The van der Waals surface area contributed by atoms with Crippen LogP contribution in [0.25, 0.3) is 0 Å². The SMILES string of the molecule is Cc1ccc(NCCC(=O)OCc2cccc(Br)c2)cc1. The molecule has 0 aliphatic carbocycles. The van der Waals surface area contributed by atoms with Gasteiger partial charge in [0.2, 0.25) is 0 Å². The van der Waals surface area contributed by atoms with Gasteiger partial charge in [0, 0.05) is 16.7 Å². The molecule has 0 radical (unpaired) electrons. The second-order valence-electron chi connectivity index (χ2n) is 4.83. The van der Waals surface area contributed by atoms with Crippen LogP contribution in [0.15, 0.2) is 53.0 Å². The minimum atomic E-state index is -0.199. The van der Waals surface area contributed by atoms with Crippen LogP contribution >= 0.6 is 15.9 Å². The van der Waals surface area contributed by atoms with Gasteiger partial charge >= 0.3 is 5.97 Å². The topological polar surface area (TPSA) is 38.3 Å². The highest BCUT2D eigenvalue weighted by Crippen LogP contribution is 2.13. The Balaban J connectivity index is 1.69. The highest BCUT2D eigenvalue weighted by Gasteiger charge is 2.03. The van der Waals surface area contributed by atoms with Gasteiger partial charge in [-0.1, -0.05) is 45.8 Å². The van der Waals surface area contributed by atoms with Gasteiger partial charge in [-0.3, -0.25) is 4.79 Å². The third-order valence-corrected chi connectivity index (χ3v) is 3.49. The molecule has 0 heterocycles. The van der Waals surface area contributed by atoms with E-state index in [0.29, 0.717) is 19.6 Å². The molecule has 3 nitrogen and oxygen atoms in total. The van der Waals surface area contributed by atoms with E-state index in [9.17, 15) is 4.79 Å². The molecular weight excluding hydrogens is 330 g/mol. The Hall–Kier alpha value is -1.81. The zero-order valence-electron chi connectivity index (χ0n) is 11.9. The summed E-state index contributed by atoms with van der Waals surface area (Å²) in [5.41, 5.74) is 3.21. The number of benzene rings is 2. The number of hydrogen-bond donors (Lipinski definition) is 1. The summed E-state index contributed by atoms with van der Waals surface area (Å²) in [6.07, 6.45) is 0.349. The molecule has 0 amide bonds. The maximum Gasteiger partial charge on any atom is 0.307 e. The van der Waals surface area contributed by atoms with Crippen molar-refractivity contribution in [2.45, 2.75) is 20.0 Å². The van der Waals surface area contributed by atoms with Gasteiger partial charge < -0.3 is 10.1 Å². The quantitative estimate of drug-likeness (QED) is 0.791. The van der Waals surface area contributed by atoms with E-state index in [0.717, 1.165) is 15.7 Å². The molecule has 1 N–H and O–H groups in total. The van der Waals surface area contributed by atoms with Crippen LogP contribution in [0.1, 0.15) is 17.5 Å². The Kier molecular flexibility index (Phi) is 5.81. The Bertz CT molecular complexity index is 596. The summed E-state index contributed by atoms with van der Waals surface area (Å²) in [5.74, 6) is -0.199. The number of carbonyl (C=O) groups excluding carboxylic acids is 1. The highest BCUT2D eigenvalue weighted by atomic mass is 79.9. The predicted octanol–water partition coefficient (Wildman–Crippen LogP) is 4.30. The van der Waals surface area contributed by atoms with Crippen LogP contribution in [0.2, 0.25) is 0 Å². The molecule has 21 heavy (non-hydrogen) atoms. The first-order valence-electron chi connectivity index (χ1n) is 6.84. The number of aryl methyl sites for hydroxylation is 1. The lowest BCUT2D eigenvalue weighted by Crippen LogP contribution is -2.11. The van der Waals surface area contributed by atoms with Crippen molar-refractivity contribution in [2.24, 2.45) is 0 Å². The second kappa shape index (κ2) is 7.84. The van der Waals surface area contributed by atoms with Crippen molar-refractivity contribution in [3.8, 4) is 0 Å². The van der Waals surface area contributed by atoms with E-state index >= 15 is 0 Å². The fraction of sp³-hybridized carbons (Fsp3) is 0.235. The number of halogens is 1. The van der Waals surface area contributed by atoms with E-state index in [1.54, 1.807) is 0 Å². The van der Waals surface area contributed by atoms with Crippen molar-refractivity contribution in [1.29, 1.82) is 0 Å². The first-order valence-corrected chi connectivity index (χ1v) is 7.63. The van der Waals surface area contributed by atoms with Crippen LogP contribution in [0.3, 0.4) is 0 Å². The molecule has 0 bridgehead atoms. The molecule has 0 unspecified atom stereocenters. The highest BCUT2D eigenvalue weighted by molar-refractivity contribution is 9.10. The molecular formula is C17H18BrNO2. The normalized spacial score (nSPS) is 10.2. The molecule has 0 saturated carbocycles.